The van der Waals surface area contributed by atoms with Crippen LogP contribution in [-0.2, 0) is 9.53 Å². The van der Waals surface area contributed by atoms with Gasteiger partial charge < -0.3 is 25.0 Å². The van der Waals surface area contributed by atoms with Crippen molar-refractivity contribution in [3.63, 3.8) is 0 Å². The Morgan fingerprint density at radius 3 is 2.87 bits per heavy atom. The van der Waals surface area contributed by atoms with Gasteiger partial charge in [0, 0.05) is 32.3 Å². The Morgan fingerprint density at radius 1 is 1.27 bits per heavy atom. The maximum atomic E-state index is 11.2. The zero-order valence-corrected chi connectivity index (χ0v) is 17.9. The van der Waals surface area contributed by atoms with Crippen LogP contribution >= 0.6 is 0 Å². The van der Waals surface area contributed by atoms with Gasteiger partial charge in [-0.15, -0.1) is 0 Å². The molecule has 3 rings (SSSR count). The van der Waals surface area contributed by atoms with Gasteiger partial charge in [0.25, 0.3) is 0 Å². The van der Waals surface area contributed by atoms with E-state index in [1.54, 1.807) is 7.05 Å². The topological polar surface area (TPSA) is 75.2 Å². The fourth-order valence-corrected chi connectivity index (χ4v) is 3.51. The smallest absolute Gasteiger partial charge is 0.221 e. The van der Waals surface area contributed by atoms with Gasteiger partial charge in [-0.1, -0.05) is 30.3 Å². The lowest BCUT2D eigenvalue weighted by Gasteiger charge is -2.35. The Hall–Kier alpha value is -3.06. The highest BCUT2D eigenvalue weighted by atomic mass is 16.5. The summed E-state index contributed by atoms with van der Waals surface area (Å²) in [5, 5.41) is 6.12. The average molecular weight is 411 g/mol. The van der Waals surface area contributed by atoms with Gasteiger partial charge in [0.2, 0.25) is 5.91 Å². The van der Waals surface area contributed by atoms with Gasteiger partial charge in [-0.3, -0.25) is 9.79 Å². The first-order valence-corrected chi connectivity index (χ1v) is 10.2. The molecule has 1 amide bonds. The highest BCUT2D eigenvalue weighted by Gasteiger charge is 2.24. The molecule has 1 aliphatic heterocycles. The summed E-state index contributed by atoms with van der Waals surface area (Å²) in [5.74, 6) is 1.45. The average Bonchev–Trinajstić information content (AvgIpc) is 2.74. The molecule has 0 radical (unpaired) electrons. The van der Waals surface area contributed by atoms with Crippen molar-refractivity contribution in [2.45, 2.75) is 20.0 Å². The molecule has 1 aliphatic rings. The molecule has 2 aromatic carbocycles. The van der Waals surface area contributed by atoms with Gasteiger partial charge >= 0.3 is 0 Å². The number of hydrogen-bond donors (Lipinski definition) is 2. The summed E-state index contributed by atoms with van der Waals surface area (Å²) >= 11 is 0. The van der Waals surface area contributed by atoms with E-state index in [1.807, 2.05) is 30.3 Å². The van der Waals surface area contributed by atoms with Crippen molar-refractivity contribution >= 4 is 17.6 Å². The summed E-state index contributed by atoms with van der Waals surface area (Å²) in [6.07, 6.45) is 0.0336. The molecule has 1 fully saturated rings. The standard InChI is InChI=1S/C23H30N4O3/c1-17-7-4-5-10-21(17)22-16-27(12-14-30-22)23(24-3)25-11-13-29-20-9-6-8-19(15-20)26-18(2)28/h4-10,15,22H,11-14,16H2,1-3H3,(H,24,25)(H,26,28). The van der Waals surface area contributed by atoms with Crippen molar-refractivity contribution in [1.82, 2.24) is 10.2 Å². The number of guanidine groups is 1. The summed E-state index contributed by atoms with van der Waals surface area (Å²) in [5.41, 5.74) is 3.18. The first-order valence-electron chi connectivity index (χ1n) is 10.2. The number of carbonyl (C=O) groups excluding carboxylic acids is 1. The number of nitrogens with zero attached hydrogens (tertiary/aromatic N) is 2. The first kappa shape index (κ1) is 21.6. The van der Waals surface area contributed by atoms with Crippen LogP contribution in [0, 0.1) is 6.92 Å². The number of rotatable bonds is 6. The molecule has 30 heavy (non-hydrogen) atoms. The minimum atomic E-state index is -0.105. The fraction of sp³-hybridized carbons (Fsp3) is 0.391. The number of nitrogens with one attached hydrogen (secondary N) is 2. The molecule has 0 aromatic heterocycles. The van der Waals surface area contributed by atoms with E-state index in [0.717, 1.165) is 24.7 Å². The van der Waals surface area contributed by atoms with Gasteiger partial charge in [-0.05, 0) is 30.2 Å². The quantitative estimate of drug-likeness (QED) is 0.435. The van der Waals surface area contributed by atoms with Crippen LogP contribution in [0.2, 0.25) is 0 Å². The summed E-state index contributed by atoms with van der Waals surface area (Å²) in [7, 11) is 1.79. The molecule has 1 atom stereocenters. The van der Waals surface area contributed by atoms with Crippen molar-refractivity contribution in [1.29, 1.82) is 0 Å². The predicted molar refractivity (Wildman–Crippen MR) is 119 cm³/mol. The number of aliphatic imine (C=N–C) groups is 1. The van der Waals surface area contributed by atoms with Crippen molar-refractivity contribution in [3.05, 3.63) is 59.7 Å². The molecule has 1 saturated heterocycles. The van der Waals surface area contributed by atoms with E-state index in [4.69, 9.17) is 9.47 Å². The minimum absolute atomic E-state index is 0.0336. The van der Waals surface area contributed by atoms with E-state index >= 15 is 0 Å². The maximum absolute atomic E-state index is 11.2. The van der Waals surface area contributed by atoms with Gasteiger partial charge in [0.1, 0.15) is 18.5 Å². The summed E-state index contributed by atoms with van der Waals surface area (Å²) in [4.78, 5) is 17.8. The van der Waals surface area contributed by atoms with E-state index in [-0.39, 0.29) is 12.0 Å². The summed E-state index contributed by atoms with van der Waals surface area (Å²) in [6, 6.07) is 15.7. The fourth-order valence-electron chi connectivity index (χ4n) is 3.51. The number of benzene rings is 2. The molecule has 7 heteroatoms. The highest BCUT2D eigenvalue weighted by molar-refractivity contribution is 5.88. The highest BCUT2D eigenvalue weighted by Crippen LogP contribution is 2.25. The number of aryl methyl sites for hydroxylation is 1. The van der Waals surface area contributed by atoms with Crippen molar-refractivity contribution < 1.29 is 14.3 Å². The summed E-state index contributed by atoms with van der Waals surface area (Å²) in [6.45, 7) is 6.90. The Labute approximate surface area is 178 Å². The molecule has 0 spiro atoms. The van der Waals surface area contributed by atoms with Gasteiger partial charge in [0.05, 0.1) is 19.7 Å². The second kappa shape index (κ2) is 10.6. The van der Waals surface area contributed by atoms with Crippen LogP contribution in [0.5, 0.6) is 5.75 Å². The lowest BCUT2D eigenvalue weighted by Crippen LogP contribution is -2.49. The third-order valence-electron chi connectivity index (χ3n) is 4.92. The monoisotopic (exact) mass is 410 g/mol. The number of hydrogen-bond acceptors (Lipinski definition) is 4. The van der Waals surface area contributed by atoms with E-state index in [2.05, 4.69) is 45.6 Å². The Morgan fingerprint density at radius 2 is 2.10 bits per heavy atom. The Balaban J connectivity index is 1.50. The third kappa shape index (κ3) is 5.97. The van der Waals surface area contributed by atoms with Crippen LogP contribution in [0.3, 0.4) is 0 Å². The molecular weight excluding hydrogens is 380 g/mol. The van der Waals surface area contributed by atoms with Crippen LogP contribution in [0.25, 0.3) is 0 Å². The molecule has 0 bridgehead atoms. The molecule has 160 valence electrons. The number of amides is 1. The molecular formula is C23H30N4O3. The third-order valence-corrected chi connectivity index (χ3v) is 4.92. The number of ether oxygens (including phenoxy) is 2. The molecule has 1 unspecified atom stereocenters. The van der Waals surface area contributed by atoms with Gasteiger partial charge in [-0.2, -0.15) is 0 Å². The zero-order chi connectivity index (χ0) is 21.3. The molecule has 2 aromatic rings. The number of carbonyl (C=O) groups is 1. The minimum Gasteiger partial charge on any atom is -0.492 e. The SMILES string of the molecule is CN=C(NCCOc1cccc(NC(C)=O)c1)N1CCOC(c2ccccc2C)C1. The second-order valence-electron chi connectivity index (χ2n) is 7.19. The van der Waals surface area contributed by atoms with Crippen molar-refractivity contribution in [3.8, 4) is 5.75 Å². The molecule has 0 saturated carbocycles. The largest absolute Gasteiger partial charge is 0.492 e. The van der Waals surface area contributed by atoms with Crippen LogP contribution in [0.4, 0.5) is 5.69 Å². The normalized spacial score (nSPS) is 16.8. The Bertz CT molecular complexity index is 884. The molecule has 1 heterocycles. The van der Waals surface area contributed by atoms with Crippen LogP contribution in [-0.4, -0.2) is 56.7 Å². The first-order chi connectivity index (χ1) is 14.6. The molecule has 2 N–H and O–H groups in total. The van der Waals surface area contributed by atoms with Crippen LogP contribution in [0.1, 0.15) is 24.2 Å². The predicted octanol–water partition coefficient (Wildman–Crippen LogP) is 2.98. The zero-order valence-electron chi connectivity index (χ0n) is 17.9. The maximum Gasteiger partial charge on any atom is 0.221 e. The van der Waals surface area contributed by atoms with Crippen LogP contribution < -0.4 is 15.4 Å². The van der Waals surface area contributed by atoms with E-state index < -0.39 is 0 Å². The molecule has 7 nitrogen and oxygen atoms in total. The second-order valence-corrected chi connectivity index (χ2v) is 7.19. The van der Waals surface area contributed by atoms with E-state index in [9.17, 15) is 4.79 Å². The molecule has 0 aliphatic carbocycles. The van der Waals surface area contributed by atoms with Gasteiger partial charge in [-0.25, -0.2) is 0 Å². The Kier molecular flexibility index (Phi) is 7.68. The van der Waals surface area contributed by atoms with E-state index in [1.165, 1.54) is 18.1 Å². The number of anilines is 1. The summed E-state index contributed by atoms with van der Waals surface area (Å²) < 4.78 is 11.8. The van der Waals surface area contributed by atoms with Gasteiger partial charge in [0.15, 0.2) is 5.96 Å². The van der Waals surface area contributed by atoms with Crippen LogP contribution in [0.15, 0.2) is 53.5 Å². The van der Waals surface area contributed by atoms with Crippen molar-refractivity contribution in [2.75, 3.05) is 45.2 Å². The van der Waals surface area contributed by atoms with Crippen molar-refractivity contribution in [2.24, 2.45) is 4.99 Å². The lowest BCUT2D eigenvalue weighted by molar-refractivity contribution is -0.114. The number of morpholine rings is 1. The van der Waals surface area contributed by atoms with E-state index in [0.29, 0.717) is 25.5 Å². The lowest BCUT2D eigenvalue weighted by atomic mass is 10.0.